The number of hydrogen-bond donors (Lipinski definition) is 1. The Kier molecular flexibility index (Phi) is 7.38. The van der Waals surface area contributed by atoms with Crippen LogP contribution in [-0.4, -0.2) is 72.2 Å². The maximum absolute atomic E-state index is 12.7. The van der Waals surface area contributed by atoms with Crippen molar-refractivity contribution < 1.29 is 22.5 Å². The molecule has 11 nitrogen and oxygen atoms in total. The number of carbonyl (C=O) groups excluding carboxylic acids is 1. The van der Waals surface area contributed by atoms with Gasteiger partial charge < -0.3 is 19.5 Å². The molecule has 34 heavy (non-hydrogen) atoms. The second-order valence-corrected chi connectivity index (χ2v) is 9.78. The van der Waals surface area contributed by atoms with Crippen LogP contribution in [0.5, 0.6) is 5.75 Å². The maximum Gasteiger partial charge on any atom is 0.251 e. The van der Waals surface area contributed by atoms with E-state index in [4.69, 9.17) is 9.26 Å². The Morgan fingerprint density at radius 3 is 2.53 bits per heavy atom. The summed E-state index contributed by atoms with van der Waals surface area (Å²) >= 11 is 0. The number of nitrogens with zero attached hydrogens (tertiary/aromatic N) is 5. The molecule has 4 rings (SSSR count). The predicted octanol–water partition coefficient (Wildman–Crippen LogP) is 1.23. The Hall–Kier alpha value is -3.51. The van der Waals surface area contributed by atoms with Crippen molar-refractivity contribution in [2.75, 3.05) is 43.4 Å². The fraction of sp³-hybridized carbons (Fsp3) is 0.364. The van der Waals surface area contributed by atoms with Gasteiger partial charge in [0.25, 0.3) is 5.91 Å². The maximum atomic E-state index is 12.7. The smallest absolute Gasteiger partial charge is 0.251 e. The molecule has 2 aromatic heterocycles. The number of nitrogens with one attached hydrogen (secondary N) is 1. The van der Waals surface area contributed by atoms with Crippen molar-refractivity contribution in [3.05, 3.63) is 65.9 Å². The lowest BCUT2D eigenvalue weighted by Crippen LogP contribution is -2.50. The van der Waals surface area contributed by atoms with Crippen molar-refractivity contribution in [1.82, 2.24) is 24.7 Å². The molecule has 0 saturated carbocycles. The number of pyridine rings is 1. The first kappa shape index (κ1) is 23.6. The summed E-state index contributed by atoms with van der Waals surface area (Å²) in [6.45, 7) is 3.79. The molecule has 3 heterocycles. The number of amides is 1. The minimum atomic E-state index is -3.47. The zero-order valence-corrected chi connectivity index (χ0v) is 19.6. The largest absolute Gasteiger partial charge is 0.485 e. The van der Waals surface area contributed by atoms with Gasteiger partial charge in [-0.05, 0) is 36.4 Å². The van der Waals surface area contributed by atoms with Crippen LogP contribution < -0.4 is 15.0 Å². The van der Waals surface area contributed by atoms with E-state index in [1.54, 1.807) is 37.4 Å². The van der Waals surface area contributed by atoms with Gasteiger partial charge in [0, 0.05) is 51.4 Å². The van der Waals surface area contributed by atoms with Gasteiger partial charge in [-0.25, -0.2) is 13.4 Å². The molecule has 1 N–H and O–H groups in total. The van der Waals surface area contributed by atoms with Gasteiger partial charge in [-0.3, -0.25) is 4.79 Å². The summed E-state index contributed by atoms with van der Waals surface area (Å²) in [6.07, 6.45) is 1.72. The van der Waals surface area contributed by atoms with Crippen molar-refractivity contribution in [2.24, 2.45) is 0 Å². The lowest BCUT2D eigenvalue weighted by atomic mass is 10.2. The van der Waals surface area contributed by atoms with E-state index in [0.717, 1.165) is 5.82 Å². The molecule has 0 aliphatic carbocycles. The number of sulfonamides is 1. The van der Waals surface area contributed by atoms with Gasteiger partial charge in [-0.15, -0.1) is 0 Å². The van der Waals surface area contributed by atoms with Crippen LogP contribution in [0, 0.1) is 6.92 Å². The van der Waals surface area contributed by atoms with Crippen LogP contribution in [-0.2, 0) is 16.6 Å². The van der Waals surface area contributed by atoms with E-state index in [9.17, 15) is 13.2 Å². The van der Waals surface area contributed by atoms with Crippen LogP contribution in [0.3, 0.4) is 0 Å². The van der Waals surface area contributed by atoms with E-state index < -0.39 is 10.0 Å². The van der Waals surface area contributed by atoms with Gasteiger partial charge in [0.15, 0.2) is 6.61 Å². The topological polar surface area (TPSA) is 131 Å². The summed E-state index contributed by atoms with van der Waals surface area (Å²) in [5, 5.41) is 6.42. The highest BCUT2D eigenvalue weighted by atomic mass is 32.2. The Balaban J connectivity index is 1.21. The Morgan fingerprint density at radius 2 is 1.88 bits per heavy atom. The van der Waals surface area contributed by atoms with E-state index in [-0.39, 0.29) is 24.8 Å². The lowest BCUT2D eigenvalue weighted by molar-refractivity contribution is 0.0956. The molecule has 180 valence electrons. The number of aryl methyl sites for hydroxylation is 1. The second kappa shape index (κ2) is 10.6. The predicted molar refractivity (Wildman–Crippen MR) is 124 cm³/mol. The molecule has 1 fully saturated rings. The number of carbonyl (C=O) groups is 1. The normalized spacial score (nSPS) is 14.7. The fourth-order valence-electron chi connectivity index (χ4n) is 3.51. The van der Waals surface area contributed by atoms with Crippen LogP contribution in [0.4, 0.5) is 5.82 Å². The van der Waals surface area contributed by atoms with Gasteiger partial charge in [0.05, 0.1) is 5.75 Å². The number of benzene rings is 1. The van der Waals surface area contributed by atoms with Gasteiger partial charge in [-0.1, -0.05) is 11.2 Å². The zero-order chi connectivity index (χ0) is 24.0. The average molecular weight is 487 g/mol. The Labute approximate surface area is 197 Å². The first-order chi connectivity index (χ1) is 16.4. The van der Waals surface area contributed by atoms with Crippen molar-refractivity contribution in [3.8, 4) is 5.75 Å². The molecule has 0 unspecified atom stereocenters. The van der Waals surface area contributed by atoms with Crippen LogP contribution in [0.2, 0.25) is 0 Å². The third-order valence-electron chi connectivity index (χ3n) is 5.30. The minimum Gasteiger partial charge on any atom is -0.485 e. The first-order valence-electron chi connectivity index (χ1n) is 10.8. The van der Waals surface area contributed by atoms with Gasteiger partial charge in [0.2, 0.25) is 21.7 Å². The number of anilines is 1. The summed E-state index contributed by atoms with van der Waals surface area (Å²) in [4.78, 5) is 22.8. The summed E-state index contributed by atoms with van der Waals surface area (Å²) in [5.74, 6) is 1.77. The lowest BCUT2D eigenvalue weighted by Gasteiger charge is -2.34. The molecule has 1 saturated heterocycles. The molecular weight excluding hydrogens is 460 g/mol. The van der Waals surface area contributed by atoms with Crippen molar-refractivity contribution >= 4 is 21.7 Å². The Bertz CT molecular complexity index is 1190. The minimum absolute atomic E-state index is 0.0249. The quantitative estimate of drug-likeness (QED) is 0.474. The SMILES string of the molecule is Cc1nc(COc2ccc(C(=O)NCCS(=O)(=O)N3CCN(c4ccccn4)CC3)cc2)no1. The summed E-state index contributed by atoms with van der Waals surface area (Å²) in [7, 11) is -3.47. The third-order valence-corrected chi connectivity index (χ3v) is 7.18. The van der Waals surface area contributed by atoms with Gasteiger partial charge >= 0.3 is 0 Å². The number of ether oxygens (including phenoxy) is 1. The first-order valence-corrected chi connectivity index (χ1v) is 12.5. The molecule has 1 aliphatic heterocycles. The number of aromatic nitrogens is 3. The van der Waals surface area contributed by atoms with Gasteiger partial charge in [-0.2, -0.15) is 9.29 Å². The van der Waals surface area contributed by atoms with Crippen LogP contribution in [0.25, 0.3) is 0 Å². The summed E-state index contributed by atoms with van der Waals surface area (Å²) < 4.78 is 37.3. The monoisotopic (exact) mass is 486 g/mol. The molecule has 1 aromatic carbocycles. The van der Waals surface area contributed by atoms with Crippen molar-refractivity contribution in [3.63, 3.8) is 0 Å². The highest BCUT2D eigenvalue weighted by Gasteiger charge is 2.27. The highest BCUT2D eigenvalue weighted by Crippen LogP contribution is 2.15. The number of piperazine rings is 1. The molecular formula is C22H26N6O5S. The Morgan fingerprint density at radius 1 is 1.12 bits per heavy atom. The fourth-order valence-corrected chi connectivity index (χ4v) is 4.85. The van der Waals surface area contributed by atoms with E-state index in [1.807, 2.05) is 18.2 Å². The van der Waals surface area contributed by atoms with Crippen LogP contribution >= 0.6 is 0 Å². The van der Waals surface area contributed by atoms with E-state index in [2.05, 4.69) is 25.3 Å². The van der Waals surface area contributed by atoms with E-state index in [0.29, 0.717) is 49.2 Å². The van der Waals surface area contributed by atoms with Gasteiger partial charge in [0.1, 0.15) is 11.6 Å². The molecule has 0 bridgehead atoms. The molecule has 1 aliphatic rings. The number of rotatable bonds is 9. The van der Waals surface area contributed by atoms with Crippen LogP contribution in [0.15, 0.2) is 53.2 Å². The number of hydrogen-bond acceptors (Lipinski definition) is 9. The summed E-state index contributed by atoms with van der Waals surface area (Å²) in [6, 6.07) is 12.2. The average Bonchev–Trinajstić information content (AvgIpc) is 3.28. The molecule has 12 heteroatoms. The highest BCUT2D eigenvalue weighted by molar-refractivity contribution is 7.89. The second-order valence-electron chi connectivity index (χ2n) is 7.69. The molecule has 0 radical (unpaired) electrons. The van der Waals surface area contributed by atoms with E-state index >= 15 is 0 Å². The molecule has 3 aromatic rings. The zero-order valence-electron chi connectivity index (χ0n) is 18.8. The standard InChI is InChI=1S/C22H26N6O5S/c1-17-25-20(26-33-17)16-32-19-7-5-18(6-8-19)22(29)24-10-15-34(30,31)28-13-11-27(12-14-28)21-4-2-3-9-23-21/h2-9H,10-16H2,1H3,(H,24,29). The summed E-state index contributed by atoms with van der Waals surface area (Å²) in [5.41, 5.74) is 0.407. The van der Waals surface area contributed by atoms with Crippen molar-refractivity contribution in [1.29, 1.82) is 0 Å². The van der Waals surface area contributed by atoms with Crippen molar-refractivity contribution in [2.45, 2.75) is 13.5 Å². The third kappa shape index (κ3) is 6.08. The van der Waals surface area contributed by atoms with E-state index in [1.165, 1.54) is 4.31 Å². The van der Waals surface area contributed by atoms with Crippen LogP contribution in [0.1, 0.15) is 22.1 Å². The molecule has 0 spiro atoms. The molecule has 1 amide bonds. The molecule has 0 atom stereocenters.